The Morgan fingerprint density at radius 2 is 2.31 bits per heavy atom. The van der Waals surface area contributed by atoms with Gasteiger partial charge in [0.25, 0.3) is 0 Å². The maximum atomic E-state index is 4.45. The lowest BCUT2D eigenvalue weighted by Crippen LogP contribution is -1.93. The summed E-state index contributed by atoms with van der Waals surface area (Å²) in [5, 5.41) is 4.45. The van der Waals surface area contributed by atoms with Gasteiger partial charge in [-0.25, -0.2) is 4.68 Å². The van der Waals surface area contributed by atoms with Gasteiger partial charge in [-0.3, -0.25) is 0 Å². The molecule has 1 aliphatic heterocycles. The molecule has 2 heteroatoms. The highest BCUT2D eigenvalue weighted by Crippen LogP contribution is 2.16. The molecule has 0 bridgehead atoms. The molecule has 2 heterocycles. The van der Waals surface area contributed by atoms with Gasteiger partial charge in [-0.15, -0.1) is 5.73 Å². The lowest BCUT2D eigenvalue weighted by molar-refractivity contribution is 0.782. The second-order valence-electron chi connectivity index (χ2n) is 3.41. The molecule has 0 radical (unpaired) electrons. The molecule has 2 rings (SSSR count). The van der Waals surface area contributed by atoms with Crippen molar-refractivity contribution in [2.45, 2.75) is 19.8 Å². The van der Waals surface area contributed by atoms with Crippen LogP contribution in [0, 0.1) is 0 Å². The summed E-state index contributed by atoms with van der Waals surface area (Å²) in [6.45, 7) is 4.29. The minimum Gasteiger partial charge on any atom is -0.240 e. The number of hydrogen-bond donors (Lipinski definition) is 0. The Morgan fingerprint density at radius 3 is 3.08 bits per heavy atom. The lowest BCUT2D eigenvalue weighted by atomic mass is 10.1. The van der Waals surface area contributed by atoms with Crippen LogP contribution in [0.4, 0.5) is 0 Å². The van der Waals surface area contributed by atoms with E-state index in [1.807, 2.05) is 29.1 Å². The summed E-state index contributed by atoms with van der Waals surface area (Å²) in [6, 6.07) is 2.10. The average molecular weight is 172 g/mol. The first kappa shape index (κ1) is 8.09. The van der Waals surface area contributed by atoms with Gasteiger partial charge >= 0.3 is 0 Å². The summed E-state index contributed by atoms with van der Waals surface area (Å²) in [5.74, 6) is 0.477. The van der Waals surface area contributed by atoms with Crippen LogP contribution in [0.25, 0.3) is 12.3 Å². The highest BCUT2D eigenvalue weighted by atomic mass is 15.3. The highest BCUT2D eigenvalue weighted by Gasteiger charge is 2.07. The summed E-state index contributed by atoms with van der Waals surface area (Å²) in [5.41, 5.74) is 5.27. The van der Waals surface area contributed by atoms with Crippen LogP contribution < -0.4 is 0 Å². The lowest BCUT2D eigenvalue weighted by Gasteiger charge is -1.96. The molecule has 0 fully saturated rings. The van der Waals surface area contributed by atoms with Crippen LogP contribution in [-0.2, 0) is 0 Å². The summed E-state index contributed by atoms with van der Waals surface area (Å²) < 4.78 is 1.88. The van der Waals surface area contributed by atoms with Crippen molar-refractivity contribution in [1.29, 1.82) is 0 Å². The Kier molecular flexibility index (Phi) is 1.91. The van der Waals surface area contributed by atoms with Gasteiger partial charge in [-0.1, -0.05) is 13.8 Å². The molecule has 2 nitrogen and oxygen atoms in total. The number of aromatic nitrogens is 2. The summed E-state index contributed by atoms with van der Waals surface area (Å²) in [4.78, 5) is 0. The third-order valence-electron chi connectivity index (χ3n) is 2.03. The molecule has 0 unspecified atom stereocenters. The molecule has 1 aliphatic rings. The van der Waals surface area contributed by atoms with Gasteiger partial charge in [-0.05, 0) is 24.1 Å². The molecular weight excluding hydrogens is 160 g/mol. The van der Waals surface area contributed by atoms with E-state index in [0.29, 0.717) is 5.92 Å². The van der Waals surface area contributed by atoms with Crippen molar-refractivity contribution in [3.05, 3.63) is 35.3 Å². The first-order valence-electron chi connectivity index (χ1n) is 4.46. The molecule has 0 atom stereocenters. The molecule has 0 saturated heterocycles. The fraction of sp³-hybridized carbons (Fsp3) is 0.273. The Labute approximate surface area is 77.9 Å². The van der Waals surface area contributed by atoms with E-state index in [2.05, 4.69) is 30.7 Å². The minimum atomic E-state index is 0.477. The maximum absolute atomic E-state index is 4.45. The zero-order valence-electron chi connectivity index (χ0n) is 7.86. The van der Waals surface area contributed by atoms with Gasteiger partial charge in [-0.2, -0.15) is 5.10 Å². The van der Waals surface area contributed by atoms with E-state index in [9.17, 15) is 0 Å². The summed E-state index contributed by atoms with van der Waals surface area (Å²) in [6.07, 6.45) is 7.70. The third-order valence-corrected chi connectivity index (χ3v) is 2.03. The minimum absolute atomic E-state index is 0.477. The number of hydrogen-bond acceptors (Lipinski definition) is 1. The quantitative estimate of drug-likeness (QED) is 0.595. The van der Waals surface area contributed by atoms with Gasteiger partial charge < -0.3 is 0 Å². The van der Waals surface area contributed by atoms with E-state index in [1.165, 1.54) is 0 Å². The number of allylic oxidation sites excluding steroid dienone is 2. The molecule has 1 aromatic rings. The maximum Gasteiger partial charge on any atom is 0.0741 e. The topological polar surface area (TPSA) is 17.8 Å². The Balaban J connectivity index is 2.51. The smallest absolute Gasteiger partial charge is 0.0741 e. The van der Waals surface area contributed by atoms with E-state index in [-0.39, 0.29) is 0 Å². The Hall–Kier alpha value is -1.53. The Morgan fingerprint density at radius 1 is 1.46 bits per heavy atom. The predicted molar refractivity (Wildman–Crippen MR) is 54.2 cm³/mol. The molecule has 0 spiro atoms. The second kappa shape index (κ2) is 3.08. The third kappa shape index (κ3) is 1.49. The van der Waals surface area contributed by atoms with Crippen LogP contribution in [0.3, 0.4) is 0 Å². The van der Waals surface area contributed by atoms with E-state index in [1.54, 1.807) is 0 Å². The molecule has 0 aromatic carbocycles. The molecule has 66 valence electrons. The van der Waals surface area contributed by atoms with Gasteiger partial charge in [0.2, 0.25) is 0 Å². The van der Waals surface area contributed by atoms with Crippen molar-refractivity contribution >= 4 is 12.3 Å². The van der Waals surface area contributed by atoms with Crippen molar-refractivity contribution in [1.82, 2.24) is 9.78 Å². The molecular formula is C11H12N2. The van der Waals surface area contributed by atoms with Gasteiger partial charge in [0, 0.05) is 12.3 Å². The molecule has 0 amide bonds. The molecule has 1 aromatic heterocycles. The van der Waals surface area contributed by atoms with Gasteiger partial charge in [0.05, 0.1) is 11.4 Å². The highest BCUT2D eigenvalue weighted by molar-refractivity contribution is 5.52. The zero-order valence-corrected chi connectivity index (χ0v) is 7.86. The number of rotatable bonds is 1. The van der Waals surface area contributed by atoms with Crippen molar-refractivity contribution in [3.63, 3.8) is 0 Å². The standard InChI is InChI=1S/C11H12N2/c1-9(2)11-8-10-6-4-3-5-7-13(10)12-11/h3,5-9H,1-2H3. The van der Waals surface area contributed by atoms with Crippen LogP contribution in [0.5, 0.6) is 0 Å². The summed E-state index contributed by atoms with van der Waals surface area (Å²) in [7, 11) is 0. The van der Waals surface area contributed by atoms with Crippen LogP contribution >= 0.6 is 0 Å². The largest absolute Gasteiger partial charge is 0.240 e. The molecule has 13 heavy (non-hydrogen) atoms. The van der Waals surface area contributed by atoms with Gasteiger partial charge in [0.1, 0.15) is 0 Å². The molecule has 0 N–H and O–H groups in total. The van der Waals surface area contributed by atoms with Crippen LogP contribution in [0.1, 0.15) is 31.2 Å². The van der Waals surface area contributed by atoms with Crippen LogP contribution in [0.15, 0.2) is 23.9 Å². The average Bonchev–Trinajstić information content (AvgIpc) is 2.38. The monoisotopic (exact) mass is 172 g/mol. The molecule has 0 saturated carbocycles. The normalized spacial score (nSPS) is 13.5. The predicted octanol–water partition coefficient (Wildman–Crippen LogP) is 2.66. The number of nitrogens with zero attached hydrogens (tertiary/aromatic N) is 2. The fourth-order valence-corrected chi connectivity index (χ4v) is 1.25. The first-order chi connectivity index (χ1) is 6.27. The Bertz CT molecular complexity index is 402. The van der Waals surface area contributed by atoms with E-state index < -0.39 is 0 Å². The fourth-order valence-electron chi connectivity index (χ4n) is 1.25. The first-order valence-corrected chi connectivity index (χ1v) is 4.46. The van der Waals surface area contributed by atoms with E-state index in [0.717, 1.165) is 11.4 Å². The van der Waals surface area contributed by atoms with E-state index >= 15 is 0 Å². The van der Waals surface area contributed by atoms with Crippen LogP contribution in [0.2, 0.25) is 0 Å². The van der Waals surface area contributed by atoms with Crippen molar-refractivity contribution in [3.8, 4) is 0 Å². The number of fused-ring (bicyclic) bond motifs is 1. The summed E-state index contributed by atoms with van der Waals surface area (Å²) >= 11 is 0. The zero-order chi connectivity index (χ0) is 9.26. The van der Waals surface area contributed by atoms with E-state index in [4.69, 9.17) is 0 Å². The van der Waals surface area contributed by atoms with Crippen molar-refractivity contribution < 1.29 is 0 Å². The second-order valence-corrected chi connectivity index (χ2v) is 3.41. The SMILES string of the molecule is CC(C)c1cc2n(n1)C=CC=C=C2. The van der Waals surface area contributed by atoms with Crippen molar-refractivity contribution in [2.24, 2.45) is 0 Å². The van der Waals surface area contributed by atoms with Crippen LogP contribution in [-0.4, -0.2) is 9.78 Å². The molecule has 0 aliphatic carbocycles. The van der Waals surface area contributed by atoms with Crippen molar-refractivity contribution in [2.75, 3.05) is 0 Å². The van der Waals surface area contributed by atoms with Gasteiger partial charge in [0.15, 0.2) is 0 Å².